The summed E-state index contributed by atoms with van der Waals surface area (Å²) in [5, 5.41) is 2.20. The average molecular weight is 315 g/mol. The van der Waals surface area contributed by atoms with Crippen molar-refractivity contribution in [2.45, 2.75) is 6.92 Å². The fourth-order valence-electron chi connectivity index (χ4n) is 1.77. The van der Waals surface area contributed by atoms with Gasteiger partial charge in [-0.3, -0.25) is 0 Å². The lowest BCUT2D eigenvalue weighted by atomic mass is 10.1. The maximum absolute atomic E-state index is 13.6. The minimum Gasteiger partial charge on any atom is -0.389 e. The Balaban J connectivity index is 2.59. The molecule has 0 aliphatic carbocycles. The van der Waals surface area contributed by atoms with E-state index >= 15 is 0 Å². The van der Waals surface area contributed by atoms with Gasteiger partial charge >= 0.3 is 0 Å². The van der Waals surface area contributed by atoms with Gasteiger partial charge in [0.15, 0.2) is 23.3 Å². The molecule has 1 heterocycles. The number of hydrogen-bond acceptors (Lipinski definition) is 3. The molecule has 0 fully saturated rings. The molecule has 0 saturated carbocycles. The summed E-state index contributed by atoms with van der Waals surface area (Å²) in [6.07, 6.45) is 1.34. The maximum atomic E-state index is 13.6. The summed E-state index contributed by atoms with van der Waals surface area (Å²) in [5.41, 5.74) is 5.35. The lowest BCUT2D eigenvalue weighted by Crippen LogP contribution is -2.15. The van der Waals surface area contributed by atoms with Gasteiger partial charge in [-0.05, 0) is 18.6 Å². The molecule has 21 heavy (non-hydrogen) atoms. The van der Waals surface area contributed by atoms with Crippen LogP contribution < -0.4 is 11.1 Å². The number of pyridine rings is 1. The topological polar surface area (TPSA) is 50.9 Å². The first-order valence-corrected chi connectivity index (χ1v) is 6.09. The van der Waals surface area contributed by atoms with Gasteiger partial charge in [0, 0.05) is 12.3 Å². The fraction of sp³-hybridized carbons (Fsp3) is 0.0769. The first kappa shape index (κ1) is 15.2. The number of halogens is 4. The number of aromatic nitrogens is 1. The van der Waals surface area contributed by atoms with E-state index in [1.807, 2.05) is 0 Å². The van der Waals surface area contributed by atoms with Crippen molar-refractivity contribution < 1.29 is 17.6 Å². The van der Waals surface area contributed by atoms with Crippen molar-refractivity contribution in [3.63, 3.8) is 0 Å². The third kappa shape index (κ3) is 2.80. The molecule has 0 atom stereocenters. The second-order valence-electron chi connectivity index (χ2n) is 4.18. The summed E-state index contributed by atoms with van der Waals surface area (Å²) < 4.78 is 53.6. The minimum absolute atomic E-state index is 0.0687. The van der Waals surface area contributed by atoms with Crippen molar-refractivity contribution in [2.24, 2.45) is 5.73 Å². The summed E-state index contributed by atoms with van der Waals surface area (Å²) in [6.45, 7) is 1.65. The quantitative estimate of drug-likeness (QED) is 0.518. The van der Waals surface area contributed by atoms with E-state index in [4.69, 9.17) is 18.0 Å². The summed E-state index contributed by atoms with van der Waals surface area (Å²) in [7, 11) is 0. The third-order valence-electron chi connectivity index (χ3n) is 2.76. The molecule has 0 aliphatic heterocycles. The van der Waals surface area contributed by atoms with Crippen molar-refractivity contribution in [1.29, 1.82) is 0 Å². The van der Waals surface area contributed by atoms with Crippen molar-refractivity contribution in [3.05, 3.63) is 52.7 Å². The van der Waals surface area contributed by atoms with E-state index in [2.05, 4.69) is 10.3 Å². The van der Waals surface area contributed by atoms with Crippen LogP contribution in [0.2, 0.25) is 0 Å². The van der Waals surface area contributed by atoms with E-state index in [0.717, 1.165) is 0 Å². The minimum atomic E-state index is -1.56. The summed E-state index contributed by atoms with van der Waals surface area (Å²) in [6, 6.07) is 1.70. The molecule has 0 aliphatic rings. The van der Waals surface area contributed by atoms with Crippen LogP contribution in [0.1, 0.15) is 11.1 Å². The molecule has 0 saturated heterocycles. The Morgan fingerprint density at radius 3 is 2.29 bits per heavy atom. The van der Waals surface area contributed by atoms with Crippen LogP contribution in [-0.4, -0.2) is 9.97 Å². The number of benzene rings is 1. The molecule has 0 radical (unpaired) electrons. The maximum Gasteiger partial charge on any atom is 0.185 e. The van der Waals surface area contributed by atoms with Crippen LogP contribution in [0.4, 0.5) is 29.1 Å². The standard InChI is InChI=1S/C13H9F4N3S/c1-5-2-3-19-13(8(5)12(18)21)20-11-9(16)6(14)4-7(15)10(11)17/h2-4H,1H3,(H2,18,21)(H,19,20). The highest BCUT2D eigenvalue weighted by atomic mass is 32.1. The van der Waals surface area contributed by atoms with Gasteiger partial charge in [0.1, 0.15) is 16.5 Å². The van der Waals surface area contributed by atoms with Crippen LogP contribution >= 0.6 is 12.2 Å². The highest BCUT2D eigenvalue weighted by Gasteiger charge is 2.21. The third-order valence-corrected chi connectivity index (χ3v) is 2.97. The van der Waals surface area contributed by atoms with E-state index in [1.165, 1.54) is 6.20 Å². The van der Waals surface area contributed by atoms with Crippen LogP contribution in [-0.2, 0) is 0 Å². The molecule has 0 bridgehead atoms. The normalized spacial score (nSPS) is 10.5. The number of anilines is 2. The molecule has 3 N–H and O–H groups in total. The fourth-order valence-corrected chi connectivity index (χ4v) is 2.02. The van der Waals surface area contributed by atoms with Gasteiger partial charge in [0.05, 0.1) is 5.56 Å². The Kier molecular flexibility index (Phi) is 4.08. The van der Waals surface area contributed by atoms with Crippen molar-refractivity contribution in [3.8, 4) is 0 Å². The van der Waals surface area contributed by atoms with E-state index in [9.17, 15) is 17.6 Å². The van der Waals surface area contributed by atoms with Gasteiger partial charge < -0.3 is 11.1 Å². The summed E-state index contributed by atoms with van der Waals surface area (Å²) in [5.74, 6) is -6.27. The highest BCUT2D eigenvalue weighted by Crippen LogP contribution is 2.28. The zero-order valence-electron chi connectivity index (χ0n) is 10.7. The van der Waals surface area contributed by atoms with Crippen LogP contribution in [0.3, 0.4) is 0 Å². The first-order chi connectivity index (χ1) is 9.82. The van der Waals surface area contributed by atoms with Gasteiger partial charge in [-0.1, -0.05) is 12.2 Å². The van der Waals surface area contributed by atoms with Crippen molar-refractivity contribution >= 4 is 28.7 Å². The molecule has 1 aromatic heterocycles. The zero-order chi connectivity index (χ0) is 15.7. The Morgan fingerprint density at radius 2 is 1.76 bits per heavy atom. The lowest BCUT2D eigenvalue weighted by Gasteiger charge is -2.14. The molecule has 2 rings (SSSR count). The Labute approximate surface area is 122 Å². The molecule has 0 unspecified atom stereocenters. The molecule has 0 spiro atoms. The zero-order valence-corrected chi connectivity index (χ0v) is 11.5. The Hall–Kier alpha value is -2.22. The van der Waals surface area contributed by atoms with Gasteiger partial charge in [0.2, 0.25) is 0 Å². The second-order valence-corrected chi connectivity index (χ2v) is 4.62. The Morgan fingerprint density at radius 1 is 1.19 bits per heavy atom. The van der Waals surface area contributed by atoms with Gasteiger partial charge in [0.25, 0.3) is 0 Å². The van der Waals surface area contributed by atoms with Gasteiger partial charge in [-0.2, -0.15) is 0 Å². The van der Waals surface area contributed by atoms with Crippen molar-refractivity contribution in [1.82, 2.24) is 4.98 Å². The number of thiocarbonyl (C=S) groups is 1. The van der Waals surface area contributed by atoms with E-state index in [1.54, 1.807) is 13.0 Å². The second kappa shape index (κ2) is 5.65. The lowest BCUT2D eigenvalue weighted by molar-refractivity contribution is 0.459. The van der Waals surface area contributed by atoms with E-state index in [-0.39, 0.29) is 22.4 Å². The number of rotatable bonds is 3. The predicted octanol–water partition coefficient (Wildman–Crippen LogP) is 3.32. The largest absolute Gasteiger partial charge is 0.389 e. The summed E-state index contributed by atoms with van der Waals surface area (Å²) >= 11 is 4.83. The summed E-state index contributed by atoms with van der Waals surface area (Å²) in [4.78, 5) is 3.77. The van der Waals surface area contributed by atoms with Crippen LogP contribution in [0.15, 0.2) is 18.3 Å². The molecular formula is C13H9F4N3S. The average Bonchev–Trinajstić information content (AvgIpc) is 2.41. The molecular weight excluding hydrogens is 306 g/mol. The molecule has 3 nitrogen and oxygen atoms in total. The van der Waals surface area contributed by atoms with Crippen LogP contribution in [0.25, 0.3) is 0 Å². The molecule has 110 valence electrons. The SMILES string of the molecule is Cc1ccnc(Nc2c(F)c(F)cc(F)c2F)c1C(N)=S. The monoisotopic (exact) mass is 315 g/mol. The molecule has 2 aromatic rings. The van der Waals surface area contributed by atoms with Crippen LogP contribution in [0, 0.1) is 30.2 Å². The van der Waals surface area contributed by atoms with Crippen LogP contribution in [0.5, 0.6) is 0 Å². The first-order valence-electron chi connectivity index (χ1n) is 5.68. The van der Waals surface area contributed by atoms with Gasteiger partial charge in [-0.25, -0.2) is 22.5 Å². The Bertz CT molecular complexity index is 708. The highest BCUT2D eigenvalue weighted by molar-refractivity contribution is 7.80. The predicted molar refractivity (Wildman–Crippen MR) is 74.4 cm³/mol. The van der Waals surface area contributed by atoms with Crippen molar-refractivity contribution in [2.75, 3.05) is 5.32 Å². The molecule has 8 heteroatoms. The number of nitrogens with zero attached hydrogens (tertiary/aromatic N) is 1. The molecule has 1 aromatic carbocycles. The van der Waals surface area contributed by atoms with E-state index in [0.29, 0.717) is 5.56 Å². The molecule has 0 amide bonds. The number of hydrogen-bond donors (Lipinski definition) is 2. The number of nitrogens with one attached hydrogen (secondary N) is 1. The number of nitrogens with two attached hydrogens (primary N) is 1. The van der Waals surface area contributed by atoms with Gasteiger partial charge in [-0.15, -0.1) is 0 Å². The smallest absolute Gasteiger partial charge is 0.185 e. The number of aryl methyl sites for hydroxylation is 1. The van der Waals surface area contributed by atoms with E-state index < -0.39 is 29.0 Å².